The first-order valence-corrected chi connectivity index (χ1v) is 6.27. The van der Waals surface area contributed by atoms with Crippen LogP contribution in [0.4, 0.5) is 5.69 Å². The number of rotatable bonds is 5. The van der Waals surface area contributed by atoms with Gasteiger partial charge in [-0.2, -0.15) is 10.2 Å². The summed E-state index contributed by atoms with van der Waals surface area (Å²) < 4.78 is 5.23. The summed E-state index contributed by atoms with van der Waals surface area (Å²) in [6.45, 7) is -0.127. The SMILES string of the molecule is N#CCOc1ccccc1/C=C/c1nc(O)c([N+](=O)[O-])c(=O)[nH]1. The minimum atomic E-state index is -1.06. The van der Waals surface area contributed by atoms with Gasteiger partial charge in [-0.25, -0.2) is 0 Å². The molecule has 0 fully saturated rings. The van der Waals surface area contributed by atoms with E-state index in [0.29, 0.717) is 11.3 Å². The molecule has 9 nitrogen and oxygen atoms in total. The van der Waals surface area contributed by atoms with Crippen molar-refractivity contribution in [3.63, 3.8) is 0 Å². The fraction of sp³-hybridized carbons (Fsp3) is 0.0714. The standard InChI is InChI=1S/C14H10N4O5/c15-7-8-23-10-4-2-1-3-9(10)5-6-11-16-13(19)12(18(21)22)14(20)17-11/h1-6H,8H2,(H2,16,17,19,20)/b6-5+. The van der Waals surface area contributed by atoms with Crippen molar-refractivity contribution in [2.45, 2.75) is 0 Å². The number of ether oxygens (including phenoxy) is 1. The number of nitro groups is 1. The predicted molar refractivity (Wildman–Crippen MR) is 79.7 cm³/mol. The normalized spacial score (nSPS) is 10.4. The molecule has 0 aliphatic carbocycles. The molecule has 1 heterocycles. The monoisotopic (exact) mass is 314 g/mol. The first-order valence-electron chi connectivity index (χ1n) is 6.27. The second-order valence-electron chi connectivity index (χ2n) is 4.20. The minimum absolute atomic E-state index is 0.0619. The number of hydrogen-bond acceptors (Lipinski definition) is 7. The van der Waals surface area contributed by atoms with Gasteiger partial charge in [-0.15, -0.1) is 0 Å². The molecule has 1 aromatic heterocycles. The van der Waals surface area contributed by atoms with Crippen molar-refractivity contribution in [2.24, 2.45) is 0 Å². The van der Waals surface area contributed by atoms with Crippen molar-refractivity contribution < 1.29 is 14.8 Å². The molecule has 0 aliphatic rings. The Balaban J connectivity index is 2.33. The van der Waals surface area contributed by atoms with Gasteiger partial charge >= 0.3 is 11.2 Å². The molecule has 0 amide bonds. The van der Waals surface area contributed by atoms with Crippen LogP contribution in [-0.2, 0) is 0 Å². The topological polar surface area (TPSA) is 142 Å². The molecule has 0 saturated heterocycles. The Morgan fingerprint density at radius 2 is 2.17 bits per heavy atom. The number of para-hydroxylation sites is 1. The van der Waals surface area contributed by atoms with Crippen molar-refractivity contribution in [3.8, 4) is 17.7 Å². The van der Waals surface area contributed by atoms with E-state index in [2.05, 4.69) is 9.97 Å². The minimum Gasteiger partial charge on any atom is -0.488 e. The number of nitrogens with zero attached hydrogens (tertiary/aromatic N) is 3. The van der Waals surface area contributed by atoms with E-state index in [-0.39, 0.29) is 12.4 Å². The summed E-state index contributed by atoms with van der Waals surface area (Å²) in [5.41, 5.74) is -1.47. The molecule has 116 valence electrons. The number of benzene rings is 1. The zero-order valence-corrected chi connectivity index (χ0v) is 11.6. The van der Waals surface area contributed by atoms with Gasteiger partial charge in [0.25, 0.3) is 5.88 Å². The maximum atomic E-state index is 11.5. The van der Waals surface area contributed by atoms with Crippen LogP contribution in [0.1, 0.15) is 11.4 Å². The molecule has 23 heavy (non-hydrogen) atoms. The highest BCUT2D eigenvalue weighted by Gasteiger charge is 2.21. The van der Waals surface area contributed by atoms with E-state index in [0.717, 1.165) is 0 Å². The summed E-state index contributed by atoms with van der Waals surface area (Å²) in [6, 6.07) is 8.66. The number of aromatic nitrogens is 2. The van der Waals surface area contributed by atoms with E-state index < -0.39 is 22.0 Å². The van der Waals surface area contributed by atoms with E-state index in [4.69, 9.17) is 10.00 Å². The molecule has 1 aromatic carbocycles. The van der Waals surface area contributed by atoms with Gasteiger partial charge in [0.2, 0.25) is 0 Å². The van der Waals surface area contributed by atoms with Crippen LogP contribution in [0.3, 0.4) is 0 Å². The largest absolute Gasteiger partial charge is 0.488 e. The van der Waals surface area contributed by atoms with E-state index in [1.165, 1.54) is 12.2 Å². The highest BCUT2D eigenvalue weighted by Crippen LogP contribution is 2.21. The van der Waals surface area contributed by atoms with E-state index in [9.17, 15) is 20.0 Å². The Kier molecular flexibility index (Phi) is 4.69. The van der Waals surface area contributed by atoms with Gasteiger partial charge in [-0.1, -0.05) is 18.2 Å². The molecule has 0 unspecified atom stereocenters. The maximum absolute atomic E-state index is 11.5. The molecule has 2 N–H and O–H groups in total. The second kappa shape index (κ2) is 6.86. The summed E-state index contributed by atoms with van der Waals surface area (Å²) in [4.78, 5) is 26.8. The quantitative estimate of drug-likeness (QED) is 0.628. The molecular formula is C14H10N4O5. The van der Waals surface area contributed by atoms with Crippen molar-refractivity contribution in [1.82, 2.24) is 9.97 Å². The Labute approximate surface area is 129 Å². The molecule has 9 heteroatoms. The van der Waals surface area contributed by atoms with Crippen molar-refractivity contribution in [1.29, 1.82) is 5.26 Å². The van der Waals surface area contributed by atoms with Crippen molar-refractivity contribution in [3.05, 3.63) is 56.1 Å². The van der Waals surface area contributed by atoms with Crippen LogP contribution in [0, 0.1) is 21.4 Å². The van der Waals surface area contributed by atoms with E-state index in [1.54, 1.807) is 24.3 Å². The van der Waals surface area contributed by atoms with Crippen LogP contribution in [0.2, 0.25) is 0 Å². The van der Waals surface area contributed by atoms with Gasteiger partial charge in [0.05, 0.1) is 4.92 Å². The van der Waals surface area contributed by atoms with Crippen LogP contribution < -0.4 is 10.3 Å². The molecule has 0 saturated carbocycles. The van der Waals surface area contributed by atoms with Crippen molar-refractivity contribution in [2.75, 3.05) is 6.61 Å². The third-order valence-corrected chi connectivity index (χ3v) is 2.71. The number of nitrogens with one attached hydrogen (secondary N) is 1. The van der Waals surface area contributed by atoms with Crippen LogP contribution in [0.15, 0.2) is 29.1 Å². The molecule has 0 bridgehead atoms. The summed E-state index contributed by atoms with van der Waals surface area (Å²) in [6.07, 6.45) is 2.87. The average Bonchev–Trinajstić information content (AvgIpc) is 2.50. The molecule has 0 atom stereocenters. The van der Waals surface area contributed by atoms with Gasteiger partial charge < -0.3 is 14.8 Å². The van der Waals surface area contributed by atoms with Gasteiger partial charge in [0.15, 0.2) is 6.61 Å². The number of aromatic amines is 1. The Morgan fingerprint density at radius 1 is 1.43 bits per heavy atom. The Bertz CT molecular complexity index is 866. The fourth-order valence-corrected chi connectivity index (χ4v) is 1.74. The van der Waals surface area contributed by atoms with Crippen molar-refractivity contribution >= 4 is 17.8 Å². The average molecular weight is 314 g/mol. The highest BCUT2D eigenvalue weighted by molar-refractivity contribution is 5.70. The lowest BCUT2D eigenvalue weighted by atomic mass is 10.2. The van der Waals surface area contributed by atoms with Crippen LogP contribution in [0.25, 0.3) is 12.2 Å². The number of aromatic hydroxyl groups is 1. The summed E-state index contributed by atoms with van der Waals surface area (Å²) in [5.74, 6) is -0.584. The van der Waals surface area contributed by atoms with Crippen LogP contribution in [-0.4, -0.2) is 26.6 Å². The second-order valence-corrected chi connectivity index (χ2v) is 4.20. The number of nitriles is 1. The van der Waals surface area contributed by atoms with Gasteiger partial charge in [-0.05, 0) is 18.2 Å². The highest BCUT2D eigenvalue weighted by atomic mass is 16.6. The molecule has 0 aliphatic heterocycles. The third kappa shape index (κ3) is 3.70. The maximum Gasteiger partial charge on any atom is 0.395 e. The zero-order valence-electron chi connectivity index (χ0n) is 11.6. The third-order valence-electron chi connectivity index (χ3n) is 2.71. The summed E-state index contributed by atoms with van der Waals surface area (Å²) >= 11 is 0. The number of H-pyrrole nitrogens is 1. The van der Waals surface area contributed by atoms with Crippen LogP contribution in [0.5, 0.6) is 11.6 Å². The first-order chi connectivity index (χ1) is 11.0. The van der Waals surface area contributed by atoms with Gasteiger partial charge in [0, 0.05) is 5.56 Å². The molecule has 0 spiro atoms. The number of hydrogen-bond donors (Lipinski definition) is 2. The lowest BCUT2D eigenvalue weighted by molar-refractivity contribution is -0.387. The Hall–Kier alpha value is -3.67. The summed E-state index contributed by atoms with van der Waals surface area (Å²) in [7, 11) is 0. The first kappa shape index (κ1) is 15.7. The van der Waals surface area contributed by atoms with Crippen LogP contribution >= 0.6 is 0 Å². The van der Waals surface area contributed by atoms with E-state index in [1.807, 2.05) is 6.07 Å². The summed E-state index contributed by atoms with van der Waals surface area (Å²) in [5, 5.41) is 28.6. The predicted octanol–water partition coefficient (Wildman–Crippen LogP) is 1.46. The molecule has 0 radical (unpaired) electrons. The van der Waals surface area contributed by atoms with Gasteiger partial charge in [0.1, 0.15) is 17.6 Å². The van der Waals surface area contributed by atoms with E-state index >= 15 is 0 Å². The smallest absolute Gasteiger partial charge is 0.395 e. The van der Waals surface area contributed by atoms with Gasteiger partial charge in [-0.3, -0.25) is 14.9 Å². The fourth-order valence-electron chi connectivity index (χ4n) is 1.74. The molecule has 2 rings (SSSR count). The zero-order chi connectivity index (χ0) is 16.8. The Morgan fingerprint density at radius 3 is 2.83 bits per heavy atom. The lowest BCUT2D eigenvalue weighted by Crippen LogP contribution is -2.14. The molecule has 2 aromatic rings. The molecular weight excluding hydrogens is 304 g/mol. The lowest BCUT2D eigenvalue weighted by Gasteiger charge is -2.05.